The topological polar surface area (TPSA) is 12.5 Å². The number of hydrogen-bond donors (Lipinski definition) is 0. The molecule has 8 heavy (non-hydrogen) atoms. The Morgan fingerprint density at radius 3 is 2.38 bits per heavy atom. The van der Waals surface area contributed by atoms with E-state index in [0.717, 1.165) is 6.61 Å². The van der Waals surface area contributed by atoms with Gasteiger partial charge in [0.15, 0.2) is 0 Å². The summed E-state index contributed by atoms with van der Waals surface area (Å²) >= 11 is 0. The van der Waals surface area contributed by atoms with Crippen molar-refractivity contribution in [2.24, 2.45) is 5.41 Å². The lowest BCUT2D eigenvalue weighted by Gasteiger charge is -2.00. The summed E-state index contributed by atoms with van der Waals surface area (Å²) in [6.45, 7) is 5.60. The van der Waals surface area contributed by atoms with E-state index in [2.05, 4.69) is 13.8 Å². The van der Waals surface area contributed by atoms with Crippen molar-refractivity contribution in [2.45, 2.75) is 32.3 Å². The molecule has 1 heterocycles. The van der Waals surface area contributed by atoms with Crippen molar-refractivity contribution in [3.8, 4) is 0 Å². The maximum Gasteiger partial charge on any atom is 0.0976 e. The quantitative estimate of drug-likeness (QED) is 0.469. The molecule has 1 saturated heterocycles. The molecule has 0 aromatic rings. The van der Waals surface area contributed by atoms with E-state index in [0.29, 0.717) is 11.0 Å². The third-order valence-corrected chi connectivity index (χ3v) is 2.92. The Hall–Kier alpha value is -0.0400. The van der Waals surface area contributed by atoms with Gasteiger partial charge in [0.1, 0.15) is 0 Å². The van der Waals surface area contributed by atoms with E-state index < -0.39 is 0 Å². The third-order valence-electron chi connectivity index (χ3n) is 2.92. The Kier molecular flexibility index (Phi) is 0.583. The highest BCUT2D eigenvalue weighted by Crippen LogP contribution is 2.68. The Morgan fingerprint density at radius 2 is 2.25 bits per heavy atom. The summed E-state index contributed by atoms with van der Waals surface area (Å²) in [4.78, 5) is 0. The zero-order chi connectivity index (χ0) is 5.83. The van der Waals surface area contributed by atoms with Gasteiger partial charge >= 0.3 is 0 Å². The van der Waals surface area contributed by atoms with Gasteiger partial charge in [-0.05, 0) is 12.8 Å². The second kappa shape index (κ2) is 0.971. The molecule has 1 aliphatic heterocycles. The van der Waals surface area contributed by atoms with Gasteiger partial charge in [0.2, 0.25) is 0 Å². The first kappa shape index (κ1) is 4.80. The van der Waals surface area contributed by atoms with Crippen LogP contribution >= 0.6 is 0 Å². The van der Waals surface area contributed by atoms with Gasteiger partial charge in [-0.3, -0.25) is 0 Å². The van der Waals surface area contributed by atoms with E-state index in [-0.39, 0.29) is 0 Å². The summed E-state index contributed by atoms with van der Waals surface area (Å²) in [5.74, 6) is 0. The highest BCUT2D eigenvalue weighted by molar-refractivity contribution is 5.21. The summed E-state index contributed by atoms with van der Waals surface area (Å²) in [5.41, 5.74) is 0.981. The van der Waals surface area contributed by atoms with Gasteiger partial charge in [-0.25, -0.2) is 0 Å². The molecule has 2 fully saturated rings. The van der Waals surface area contributed by atoms with E-state index in [4.69, 9.17) is 4.74 Å². The Labute approximate surface area is 50.0 Å². The maximum absolute atomic E-state index is 5.31. The van der Waals surface area contributed by atoms with Crippen molar-refractivity contribution < 1.29 is 4.74 Å². The Balaban J connectivity index is 2.11. The van der Waals surface area contributed by atoms with E-state index in [9.17, 15) is 0 Å². The average molecular weight is 112 g/mol. The predicted octanol–water partition coefficient (Wildman–Crippen LogP) is 1.58. The van der Waals surface area contributed by atoms with Crippen LogP contribution < -0.4 is 0 Å². The summed E-state index contributed by atoms with van der Waals surface area (Å²) in [6.07, 6.45) is 2.60. The van der Waals surface area contributed by atoms with E-state index in [1.54, 1.807) is 0 Å². The SMILES string of the molecule is CCC1(C)CC12CO2. The normalized spacial score (nSPS) is 59.2. The van der Waals surface area contributed by atoms with Crippen LogP contribution in [0.1, 0.15) is 26.7 Å². The third kappa shape index (κ3) is 0.334. The molecule has 1 heteroatoms. The molecule has 46 valence electrons. The number of rotatable bonds is 1. The molecule has 1 spiro atoms. The fraction of sp³-hybridized carbons (Fsp3) is 1.00. The molecule has 0 amide bonds. The van der Waals surface area contributed by atoms with Gasteiger partial charge in [0.05, 0.1) is 12.2 Å². The molecule has 1 aliphatic carbocycles. The largest absolute Gasteiger partial charge is 0.369 e. The second-order valence-electron chi connectivity index (χ2n) is 3.37. The fourth-order valence-corrected chi connectivity index (χ4v) is 1.57. The molecule has 2 aliphatic rings. The van der Waals surface area contributed by atoms with Gasteiger partial charge in [0, 0.05) is 5.41 Å². The zero-order valence-electron chi connectivity index (χ0n) is 5.53. The van der Waals surface area contributed by atoms with Crippen molar-refractivity contribution in [1.29, 1.82) is 0 Å². The van der Waals surface area contributed by atoms with Crippen LogP contribution in [0.25, 0.3) is 0 Å². The van der Waals surface area contributed by atoms with Gasteiger partial charge in [-0.15, -0.1) is 0 Å². The molecule has 0 aromatic heterocycles. The Bertz CT molecular complexity index is 126. The maximum atomic E-state index is 5.31. The monoisotopic (exact) mass is 112 g/mol. The van der Waals surface area contributed by atoms with Crippen LogP contribution in [0, 0.1) is 5.41 Å². The summed E-state index contributed by atoms with van der Waals surface area (Å²) in [7, 11) is 0. The van der Waals surface area contributed by atoms with Crippen molar-refractivity contribution in [1.82, 2.24) is 0 Å². The van der Waals surface area contributed by atoms with Gasteiger partial charge in [0.25, 0.3) is 0 Å². The van der Waals surface area contributed by atoms with E-state index in [1.165, 1.54) is 12.8 Å². The van der Waals surface area contributed by atoms with Gasteiger partial charge < -0.3 is 4.74 Å². The number of ether oxygens (including phenoxy) is 1. The lowest BCUT2D eigenvalue weighted by Crippen LogP contribution is -1.99. The van der Waals surface area contributed by atoms with Crippen LogP contribution in [-0.2, 0) is 4.74 Å². The molecule has 1 nitrogen and oxygen atoms in total. The lowest BCUT2D eigenvalue weighted by molar-refractivity contribution is 0.337. The van der Waals surface area contributed by atoms with Crippen LogP contribution in [-0.4, -0.2) is 12.2 Å². The summed E-state index contributed by atoms with van der Waals surface area (Å²) in [5, 5.41) is 0. The van der Waals surface area contributed by atoms with Gasteiger partial charge in [-0.2, -0.15) is 0 Å². The minimum absolute atomic E-state index is 0.405. The molecule has 1 saturated carbocycles. The molecule has 0 radical (unpaired) electrons. The van der Waals surface area contributed by atoms with E-state index >= 15 is 0 Å². The molecule has 0 aromatic carbocycles. The number of hydrogen-bond acceptors (Lipinski definition) is 1. The van der Waals surface area contributed by atoms with E-state index in [1.807, 2.05) is 0 Å². The minimum Gasteiger partial charge on any atom is -0.369 e. The lowest BCUT2D eigenvalue weighted by atomic mass is 10.0. The fourth-order valence-electron chi connectivity index (χ4n) is 1.57. The Morgan fingerprint density at radius 1 is 1.62 bits per heavy atom. The summed E-state index contributed by atoms with van der Waals surface area (Å²) < 4.78 is 5.31. The van der Waals surface area contributed by atoms with Crippen molar-refractivity contribution in [3.63, 3.8) is 0 Å². The van der Waals surface area contributed by atoms with Crippen LogP contribution in [0.4, 0.5) is 0 Å². The molecular weight excluding hydrogens is 100 g/mol. The molecule has 2 rings (SSSR count). The second-order valence-corrected chi connectivity index (χ2v) is 3.37. The first-order valence-electron chi connectivity index (χ1n) is 3.36. The highest BCUT2D eigenvalue weighted by atomic mass is 16.6. The molecular formula is C7H12O. The van der Waals surface area contributed by atoms with Crippen LogP contribution in [0.5, 0.6) is 0 Å². The highest BCUT2D eigenvalue weighted by Gasteiger charge is 2.72. The molecule has 0 bridgehead atoms. The van der Waals surface area contributed by atoms with Crippen molar-refractivity contribution >= 4 is 0 Å². The minimum atomic E-state index is 0.405. The van der Waals surface area contributed by atoms with Crippen LogP contribution in [0.3, 0.4) is 0 Å². The van der Waals surface area contributed by atoms with Gasteiger partial charge in [-0.1, -0.05) is 13.8 Å². The molecule has 2 atom stereocenters. The summed E-state index contributed by atoms with van der Waals surface area (Å²) in [6, 6.07) is 0. The average Bonchev–Trinajstić information content (AvgIpc) is 2.57. The first-order chi connectivity index (χ1) is 3.72. The first-order valence-corrected chi connectivity index (χ1v) is 3.36. The number of epoxide rings is 1. The van der Waals surface area contributed by atoms with Crippen molar-refractivity contribution in [3.05, 3.63) is 0 Å². The molecule has 0 N–H and O–H groups in total. The molecule has 2 unspecified atom stereocenters. The predicted molar refractivity (Wildman–Crippen MR) is 31.7 cm³/mol. The van der Waals surface area contributed by atoms with Crippen molar-refractivity contribution in [2.75, 3.05) is 6.61 Å². The van der Waals surface area contributed by atoms with Crippen LogP contribution in [0.15, 0.2) is 0 Å². The standard InChI is InChI=1S/C7H12O/c1-3-6(2)4-7(6)5-8-7/h3-5H2,1-2H3. The smallest absolute Gasteiger partial charge is 0.0976 e. The van der Waals surface area contributed by atoms with Crippen LogP contribution in [0.2, 0.25) is 0 Å². The zero-order valence-corrected chi connectivity index (χ0v) is 5.53.